The molecule has 0 bridgehead atoms. The monoisotopic (exact) mass is 286 g/mol. The lowest BCUT2D eigenvalue weighted by atomic mass is 10.0. The Hall–Kier alpha value is -0.510. The van der Waals surface area contributed by atoms with Gasteiger partial charge in [0, 0.05) is 16.8 Å². The van der Waals surface area contributed by atoms with Crippen LogP contribution < -0.4 is 4.74 Å². The predicted octanol–water partition coefficient (Wildman–Crippen LogP) is 3.50. The first-order valence-corrected chi connectivity index (χ1v) is 6.82. The minimum absolute atomic E-state index is 0.388. The molecular weight excluding hydrogens is 268 g/mol. The van der Waals surface area contributed by atoms with Gasteiger partial charge in [0.25, 0.3) is 0 Å². The van der Waals surface area contributed by atoms with E-state index in [0.717, 1.165) is 5.75 Å². The number of aromatic nitrogens is 2. The van der Waals surface area contributed by atoms with Gasteiger partial charge in [-0.3, -0.25) is 4.68 Å². The Bertz CT molecular complexity index is 362. The number of ether oxygens (including phenoxy) is 1. The summed E-state index contributed by atoms with van der Waals surface area (Å²) in [5, 5.41) is 4.44. The molecular formula is C12H19BrN2O. The van der Waals surface area contributed by atoms with Crippen LogP contribution in [0.15, 0.2) is 6.20 Å². The first kappa shape index (κ1) is 12.0. The molecule has 4 heteroatoms. The Morgan fingerprint density at radius 1 is 1.50 bits per heavy atom. The first-order chi connectivity index (χ1) is 7.65. The molecule has 1 fully saturated rings. The maximum atomic E-state index is 5.43. The van der Waals surface area contributed by atoms with Crippen molar-refractivity contribution in [2.75, 3.05) is 7.11 Å². The van der Waals surface area contributed by atoms with Crippen LogP contribution in [0.1, 0.15) is 50.8 Å². The van der Waals surface area contributed by atoms with Crippen LogP contribution in [0.5, 0.6) is 5.75 Å². The van der Waals surface area contributed by atoms with E-state index in [1.54, 1.807) is 7.11 Å². The SMILES string of the molecule is COc1cnn(C(C)C)c1C1CCCC1Br. The summed E-state index contributed by atoms with van der Waals surface area (Å²) in [7, 11) is 1.73. The van der Waals surface area contributed by atoms with E-state index >= 15 is 0 Å². The van der Waals surface area contributed by atoms with Crippen LogP contribution in [0.25, 0.3) is 0 Å². The molecule has 1 aromatic rings. The van der Waals surface area contributed by atoms with E-state index in [2.05, 4.69) is 39.6 Å². The van der Waals surface area contributed by atoms with E-state index in [1.165, 1.54) is 25.0 Å². The largest absolute Gasteiger partial charge is 0.493 e. The van der Waals surface area contributed by atoms with Crippen molar-refractivity contribution in [3.8, 4) is 5.75 Å². The van der Waals surface area contributed by atoms with Crippen LogP contribution >= 0.6 is 15.9 Å². The highest BCUT2D eigenvalue weighted by Gasteiger charge is 2.32. The van der Waals surface area contributed by atoms with Gasteiger partial charge in [-0.05, 0) is 26.7 Å². The number of halogens is 1. The van der Waals surface area contributed by atoms with Crippen molar-refractivity contribution in [1.82, 2.24) is 9.78 Å². The second-order valence-electron chi connectivity index (χ2n) is 4.69. The maximum absolute atomic E-state index is 5.43. The number of alkyl halides is 1. The number of hydrogen-bond acceptors (Lipinski definition) is 2. The summed E-state index contributed by atoms with van der Waals surface area (Å²) in [5.74, 6) is 1.48. The van der Waals surface area contributed by atoms with E-state index in [4.69, 9.17) is 4.74 Å². The molecule has 1 aliphatic carbocycles. The van der Waals surface area contributed by atoms with E-state index < -0.39 is 0 Å². The van der Waals surface area contributed by atoms with Crippen LogP contribution in [0.4, 0.5) is 0 Å². The molecule has 1 saturated carbocycles. The molecule has 0 spiro atoms. The second-order valence-corrected chi connectivity index (χ2v) is 5.87. The van der Waals surface area contributed by atoms with Gasteiger partial charge in [0.1, 0.15) is 0 Å². The lowest BCUT2D eigenvalue weighted by molar-refractivity contribution is 0.397. The third-order valence-corrected chi connectivity index (χ3v) is 4.39. The smallest absolute Gasteiger partial charge is 0.160 e. The number of rotatable bonds is 3. The molecule has 16 heavy (non-hydrogen) atoms. The zero-order chi connectivity index (χ0) is 11.7. The van der Waals surface area contributed by atoms with Gasteiger partial charge in [-0.25, -0.2) is 0 Å². The first-order valence-electron chi connectivity index (χ1n) is 5.90. The van der Waals surface area contributed by atoms with Crippen LogP contribution in [0, 0.1) is 0 Å². The molecule has 2 rings (SSSR count). The van der Waals surface area contributed by atoms with E-state index in [0.29, 0.717) is 16.8 Å². The number of methoxy groups -OCH3 is 1. The van der Waals surface area contributed by atoms with Gasteiger partial charge in [0.05, 0.1) is 19.0 Å². The van der Waals surface area contributed by atoms with Crippen molar-refractivity contribution in [3.05, 3.63) is 11.9 Å². The summed E-state index contributed by atoms with van der Waals surface area (Å²) in [5.41, 5.74) is 1.26. The molecule has 1 heterocycles. The highest BCUT2D eigenvalue weighted by atomic mass is 79.9. The molecule has 0 saturated heterocycles. The third-order valence-electron chi connectivity index (χ3n) is 3.29. The summed E-state index contributed by atoms with van der Waals surface area (Å²) < 4.78 is 7.53. The van der Waals surface area contributed by atoms with Crippen molar-refractivity contribution in [2.45, 2.75) is 49.9 Å². The lowest BCUT2D eigenvalue weighted by Crippen LogP contribution is -2.15. The molecule has 2 unspecified atom stereocenters. The topological polar surface area (TPSA) is 27.1 Å². The molecule has 0 amide bonds. The quantitative estimate of drug-likeness (QED) is 0.795. The summed E-state index contributed by atoms with van der Waals surface area (Å²) >= 11 is 3.78. The van der Waals surface area contributed by atoms with E-state index in [1.807, 2.05) is 6.20 Å². The highest BCUT2D eigenvalue weighted by molar-refractivity contribution is 9.09. The van der Waals surface area contributed by atoms with Crippen molar-refractivity contribution in [1.29, 1.82) is 0 Å². The van der Waals surface area contributed by atoms with Gasteiger partial charge >= 0.3 is 0 Å². The maximum Gasteiger partial charge on any atom is 0.160 e. The van der Waals surface area contributed by atoms with Crippen molar-refractivity contribution in [3.63, 3.8) is 0 Å². The average molecular weight is 287 g/mol. The second kappa shape index (κ2) is 4.78. The van der Waals surface area contributed by atoms with Gasteiger partial charge in [-0.15, -0.1) is 0 Å². The number of hydrogen-bond donors (Lipinski definition) is 0. The van der Waals surface area contributed by atoms with Crippen molar-refractivity contribution in [2.24, 2.45) is 0 Å². The molecule has 90 valence electrons. The Balaban J connectivity index is 2.39. The Labute approximate surface area is 105 Å². The van der Waals surface area contributed by atoms with E-state index in [-0.39, 0.29) is 0 Å². The molecule has 0 aliphatic heterocycles. The molecule has 2 atom stereocenters. The lowest BCUT2D eigenvalue weighted by Gasteiger charge is -2.19. The molecule has 3 nitrogen and oxygen atoms in total. The van der Waals surface area contributed by atoms with Gasteiger partial charge in [0.2, 0.25) is 0 Å². The summed E-state index contributed by atoms with van der Waals surface area (Å²) in [6.07, 6.45) is 5.60. The van der Waals surface area contributed by atoms with Gasteiger partial charge in [0.15, 0.2) is 5.75 Å². The standard InChI is InChI=1S/C12H19BrN2O/c1-8(2)15-12(11(16-3)7-14-15)9-5-4-6-10(9)13/h7-10H,4-6H2,1-3H3. The average Bonchev–Trinajstić information content (AvgIpc) is 2.82. The van der Waals surface area contributed by atoms with Crippen LogP contribution in [0.2, 0.25) is 0 Å². The van der Waals surface area contributed by atoms with Gasteiger partial charge < -0.3 is 4.74 Å². The summed E-state index contributed by atoms with van der Waals surface area (Å²) in [6.45, 7) is 4.32. The Morgan fingerprint density at radius 3 is 2.75 bits per heavy atom. The Morgan fingerprint density at radius 2 is 2.25 bits per heavy atom. The van der Waals surface area contributed by atoms with Crippen molar-refractivity contribution < 1.29 is 4.74 Å². The van der Waals surface area contributed by atoms with E-state index in [9.17, 15) is 0 Å². The van der Waals surface area contributed by atoms with Crippen LogP contribution in [0.3, 0.4) is 0 Å². The van der Waals surface area contributed by atoms with Crippen LogP contribution in [-0.4, -0.2) is 21.7 Å². The fourth-order valence-corrected chi connectivity index (χ4v) is 3.34. The molecule has 0 aromatic carbocycles. The molecule has 1 aromatic heterocycles. The number of nitrogens with zero attached hydrogens (tertiary/aromatic N) is 2. The normalized spacial score (nSPS) is 25.3. The third kappa shape index (κ3) is 1.99. The summed E-state index contributed by atoms with van der Waals surface area (Å²) in [4.78, 5) is 0.565. The summed E-state index contributed by atoms with van der Waals surface area (Å²) in [6, 6.07) is 0.388. The molecule has 0 N–H and O–H groups in total. The van der Waals surface area contributed by atoms with Gasteiger partial charge in [-0.1, -0.05) is 22.4 Å². The van der Waals surface area contributed by atoms with Gasteiger partial charge in [-0.2, -0.15) is 5.10 Å². The fourth-order valence-electron chi connectivity index (χ4n) is 2.50. The van der Waals surface area contributed by atoms with Crippen molar-refractivity contribution >= 4 is 15.9 Å². The minimum Gasteiger partial charge on any atom is -0.493 e. The zero-order valence-electron chi connectivity index (χ0n) is 10.1. The predicted molar refractivity (Wildman–Crippen MR) is 68.5 cm³/mol. The minimum atomic E-state index is 0.388. The Kier molecular flexibility index (Phi) is 3.57. The van der Waals surface area contributed by atoms with Crippen LogP contribution in [-0.2, 0) is 0 Å². The molecule has 0 radical (unpaired) electrons. The zero-order valence-corrected chi connectivity index (χ0v) is 11.7. The fraction of sp³-hybridized carbons (Fsp3) is 0.750. The molecule has 1 aliphatic rings. The highest BCUT2D eigenvalue weighted by Crippen LogP contribution is 2.43.